The normalized spacial score (nSPS) is 18.3. The maximum Gasteiger partial charge on any atom is 0.318 e. The smallest absolute Gasteiger partial charge is 0.318 e. The SMILES string of the molecule is CC(NC(=O)N1CCN(S(C)(=O)=O)CC1)c1ccccn1. The maximum atomic E-state index is 12.2. The summed E-state index contributed by atoms with van der Waals surface area (Å²) in [5, 5.41) is 2.88. The summed E-state index contributed by atoms with van der Waals surface area (Å²) in [6.07, 6.45) is 2.87. The van der Waals surface area contributed by atoms with E-state index in [1.165, 1.54) is 10.6 Å². The fourth-order valence-corrected chi connectivity index (χ4v) is 3.03. The molecule has 21 heavy (non-hydrogen) atoms. The molecule has 1 aliphatic heterocycles. The Morgan fingerprint density at radius 2 is 1.95 bits per heavy atom. The molecule has 0 bridgehead atoms. The number of aromatic nitrogens is 1. The molecule has 0 spiro atoms. The van der Waals surface area contributed by atoms with Crippen LogP contribution < -0.4 is 5.32 Å². The maximum absolute atomic E-state index is 12.2. The Balaban J connectivity index is 1.88. The molecular weight excluding hydrogens is 292 g/mol. The fourth-order valence-electron chi connectivity index (χ4n) is 2.21. The summed E-state index contributed by atoms with van der Waals surface area (Å²) in [6, 6.07) is 5.16. The second-order valence-electron chi connectivity index (χ2n) is 5.07. The number of amides is 2. The molecule has 0 aliphatic carbocycles. The van der Waals surface area contributed by atoms with Crippen LogP contribution in [0.2, 0.25) is 0 Å². The minimum absolute atomic E-state index is 0.188. The van der Waals surface area contributed by atoms with Crippen LogP contribution >= 0.6 is 0 Å². The van der Waals surface area contributed by atoms with Crippen LogP contribution in [-0.4, -0.2) is 61.1 Å². The average molecular weight is 312 g/mol. The van der Waals surface area contributed by atoms with E-state index >= 15 is 0 Å². The number of rotatable bonds is 3. The Kier molecular flexibility index (Phi) is 4.79. The van der Waals surface area contributed by atoms with Gasteiger partial charge < -0.3 is 10.2 Å². The lowest BCUT2D eigenvalue weighted by Crippen LogP contribution is -2.53. The summed E-state index contributed by atoms with van der Waals surface area (Å²) in [5.74, 6) is 0. The summed E-state index contributed by atoms with van der Waals surface area (Å²) in [6.45, 7) is 3.34. The van der Waals surface area contributed by atoms with E-state index < -0.39 is 10.0 Å². The molecule has 116 valence electrons. The number of carbonyl (C=O) groups excluding carboxylic acids is 1. The highest BCUT2D eigenvalue weighted by molar-refractivity contribution is 7.88. The first-order chi connectivity index (χ1) is 9.88. The van der Waals surface area contributed by atoms with Crippen LogP contribution in [-0.2, 0) is 10.0 Å². The molecule has 1 N–H and O–H groups in total. The molecule has 0 saturated carbocycles. The number of hydrogen-bond donors (Lipinski definition) is 1. The highest BCUT2D eigenvalue weighted by Gasteiger charge is 2.26. The first kappa shape index (κ1) is 15.7. The monoisotopic (exact) mass is 312 g/mol. The second kappa shape index (κ2) is 6.40. The number of pyridine rings is 1. The van der Waals surface area contributed by atoms with E-state index in [0.29, 0.717) is 26.2 Å². The largest absolute Gasteiger partial charge is 0.330 e. The van der Waals surface area contributed by atoms with Gasteiger partial charge in [-0.15, -0.1) is 0 Å². The van der Waals surface area contributed by atoms with Crippen LogP contribution in [0.25, 0.3) is 0 Å². The molecule has 1 atom stereocenters. The van der Waals surface area contributed by atoms with Crippen molar-refractivity contribution in [1.82, 2.24) is 19.5 Å². The van der Waals surface area contributed by atoms with E-state index in [9.17, 15) is 13.2 Å². The quantitative estimate of drug-likeness (QED) is 0.877. The number of piperazine rings is 1. The van der Waals surface area contributed by atoms with E-state index in [4.69, 9.17) is 0 Å². The van der Waals surface area contributed by atoms with Crippen LogP contribution in [0.1, 0.15) is 18.7 Å². The Labute approximate surface area is 125 Å². The van der Waals surface area contributed by atoms with Crippen molar-refractivity contribution in [1.29, 1.82) is 0 Å². The first-order valence-corrected chi connectivity index (χ1v) is 8.64. The molecule has 7 nitrogen and oxygen atoms in total. The van der Waals surface area contributed by atoms with Gasteiger partial charge in [-0.25, -0.2) is 13.2 Å². The Morgan fingerprint density at radius 3 is 2.48 bits per heavy atom. The van der Waals surface area contributed by atoms with Gasteiger partial charge in [-0.3, -0.25) is 4.98 Å². The number of carbonyl (C=O) groups is 1. The van der Waals surface area contributed by atoms with Crippen LogP contribution in [0.3, 0.4) is 0 Å². The van der Waals surface area contributed by atoms with Gasteiger partial charge in [-0.05, 0) is 19.1 Å². The number of nitrogens with one attached hydrogen (secondary N) is 1. The van der Waals surface area contributed by atoms with E-state index in [1.807, 2.05) is 25.1 Å². The van der Waals surface area contributed by atoms with E-state index in [2.05, 4.69) is 10.3 Å². The molecule has 2 rings (SSSR count). The van der Waals surface area contributed by atoms with Crippen molar-refractivity contribution < 1.29 is 13.2 Å². The molecule has 0 radical (unpaired) electrons. The molecule has 8 heteroatoms. The molecule has 1 aromatic heterocycles. The van der Waals surface area contributed by atoms with Crippen LogP contribution in [0, 0.1) is 0 Å². The molecule has 1 unspecified atom stereocenters. The van der Waals surface area contributed by atoms with Crippen molar-refractivity contribution >= 4 is 16.1 Å². The Morgan fingerprint density at radius 1 is 1.29 bits per heavy atom. The van der Waals surface area contributed by atoms with Gasteiger partial charge in [-0.2, -0.15) is 4.31 Å². The Bertz CT molecular complexity index is 583. The predicted octanol–water partition coefficient (Wildman–Crippen LogP) is 0.429. The summed E-state index contributed by atoms with van der Waals surface area (Å²) >= 11 is 0. The zero-order valence-corrected chi connectivity index (χ0v) is 13.0. The van der Waals surface area contributed by atoms with Gasteiger partial charge in [0.15, 0.2) is 0 Å². The van der Waals surface area contributed by atoms with Gasteiger partial charge in [0.05, 0.1) is 18.0 Å². The zero-order chi connectivity index (χ0) is 15.5. The number of hydrogen-bond acceptors (Lipinski definition) is 4. The molecule has 1 fully saturated rings. The third kappa shape index (κ3) is 4.15. The second-order valence-corrected chi connectivity index (χ2v) is 7.06. The van der Waals surface area contributed by atoms with Crippen molar-refractivity contribution in [3.63, 3.8) is 0 Å². The van der Waals surface area contributed by atoms with Gasteiger partial charge in [0, 0.05) is 32.4 Å². The van der Waals surface area contributed by atoms with Gasteiger partial charge >= 0.3 is 6.03 Å². The van der Waals surface area contributed by atoms with Crippen LogP contribution in [0.4, 0.5) is 4.79 Å². The Hall–Kier alpha value is -1.67. The summed E-state index contributed by atoms with van der Waals surface area (Å²) in [5.41, 5.74) is 0.792. The lowest BCUT2D eigenvalue weighted by atomic mass is 10.2. The number of urea groups is 1. The van der Waals surface area contributed by atoms with Crippen molar-refractivity contribution in [2.24, 2.45) is 0 Å². The highest BCUT2D eigenvalue weighted by atomic mass is 32.2. The molecular formula is C13H20N4O3S. The van der Waals surface area contributed by atoms with E-state index in [-0.39, 0.29) is 12.1 Å². The average Bonchev–Trinajstić information content (AvgIpc) is 2.47. The van der Waals surface area contributed by atoms with Crippen LogP contribution in [0.5, 0.6) is 0 Å². The molecule has 1 saturated heterocycles. The third-order valence-corrected chi connectivity index (χ3v) is 4.77. The lowest BCUT2D eigenvalue weighted by molar-refractivity contribution is 0.169. The van der Waals surface area contributed by atoms with Crippen molar-refractivity contribution in [2.45, 2.75) is 13.0 Å². The minimum Gasteiger partial charge on any atom is -0.330 e. The van der Waals surface area contributed by atoms with Crippen molar-refractivity contribution in [2.75, 3.05) is 32.4 Å². The van der Waals surface area contributed by atoms with Gasteiger partial charge in [0.25, 0.3) is 0 Å². The molecule has 1 aromatic rings. The lowest BCUT2D eigenvalue weighted by Gasteiger charge is -2.33. The minimum atomic E-state index is -3.18. The summed E-state index contributed by atoms with van der Waals surface area (Å²) in [7, 11) is -3.18. The predicted molar refractivity (Wildman–Crippen MR) is 79.2 cm³/mol. The number of sulfonamides is 1. The van der Waals surface area contributed by atoms with E-state index in [0.717, 1.165) is 5.69 Å². The topological polar surface area (TPSA) is 82.6 Å². The van der Waals surface area contributed by atoms with Gasteiger partial charge in [0.1, 0.15) is 0 Å². The third-order valence-electron chi connectivity index (χ3n) is 3.47. The van der Waals surface area contributed by atoms with Crippen LogP contribution in [0.15, 0.2) is 24.4 Å². The molecule has 2 heterocycles. The highest BCUT2D eigenvalue weighted by Crippen LogP contribution is 2.10. The first-order valence-electron chi connectivity index (χ1n) is 6.79. The summed E-state index contributed by atoms with van der Waals surface area (Å²) in [4.78, 5) is 18.0. The standard InChI is InChI=1S/C13H20N4O3S/c1-11(12-5-3-4-6-14-12)15-13(18)16-7-9-17(10-8-16)21(2,19)20/h3-6,11H,7-10H2,1-2H3,(H,15,18). The van der Waals surface area contributed by atoms with Crippen molar-refractivity contribution in [3.8, 4) is 0 Å². The number of nitrogens with zero attached hydrogens (tertiary/aromatic N) is 3. The van der Waals surface area contributed by atoms with Gasteiger partial charge in [0.2, 0.25) is 10.0 Å². The zero-order valence-electron chi connectivity index (χ0n) is 12.2. The molecule has 2 amide bonds. The van der Waals surface area contributed by atoms with E-state index in [1.54, 1.807) is 11.1 Å². The summed E-state index contributed by atoms with van der Waals surface area (Å²) < 4.78 is 24.2. The molecule has 1 aliphatic rings. The van der Waals surface area contributed by atoms with Crippen molar-refractivity contribution in [3.05, 3.63) is 30.1 Å². The fraction of sp³-hybridized carbons (Fsp3) is 0.538. The molecule has 0 aromatic carbocycles. The van der Waals surface area contributed by atoms with Gasteiger partial charge in [-0.1, -0.05) is 6.07 Å².